The number of hydrogen-bond acceptors (Lipinski definition) is 11. The summed E-state index contributed by atoms with van der Waals surface area (Å²) in [5.74, 6) is 5.00. The molecule has 2 bridgehead atoms. The number of imide groups is 1. The van der Waals surface area contributed by atoms with E-state index < -0.39 is 53.8 Å². The van der Waals surface area contributed by atoms with Crippen LogP contribution in [-0.4, -0.2) is 131 Å². The van der Waals surface area contributed by atoms with Crippen LogP contribution in [0.3, 0.4) is 0 Å². The second kappa shape index (κ2) is 17.2. The van der Waals surface area contributed by atoms with Crippen molar-refractivity contribution >= 4 is 45.9 Å². The zero-order valence-electron chi connectivity index (χ0n) is 35.9. The summed E-state index contributed by atoms with van der Waals surface area (Å²) in [7, 11) is 1.54. The highest BCUT2D eigenvalue weighted by Crippen LogP contribution is 2.37. The Hall–Kier alpha value is -6.18. The molecule has 2 N–H and O–H groups in total. The number of ether oxygens (including phenoxy) is 1. The van der Waals surface area contributed by atoms with Crippen LogP contribution in [0.1, 0.15) is 85.1 Å². The first kappa shape index (κ1) is 43.7. The molecule has 0 spiro atoms. The third kappa shape index (κ3) is 8.21. The van der Waals surface area contributed by atoms with Crippen LogP contribution in [0.2, 0.25) is 0 Å². The van der Waals surface area contributed by atoms with Crippen LogP contribution in [0.15, 0.2) is 47.7 Å². The molecule has 17 nitrogen and oxygen atoms in total. The Morgan fingerprint density at radius 2 is 1.86 bits per heavy atom. The van der Waals surface area contributed by atoms with Gasteiger partial charge < -0.3 is 15.0 Å². The van der Waals surface area contributed by atoms with Crippen LogP contribution in [0.25, 0.3) is 16.7 Å². The molecular formula is C44H47F5N12O5. The van der Waals surface area contributed by atoms with E-state index in [-0.39, 0.29) is 73.5 Å². The maximum atomic E-state index is 14.6. The zero-order valence-corrected chi connectivity index (χ0v) is 35.9. The molecule has 348 valence electrons. The van der Waals surface area contributed by atoms with Crippen LogP contribution >= 0.6 is 0 Å². The third-order valence-corrected chi connectivity index (χ3v) is 13.8. The molecule has 1 aliphatic carbocycles. The van der Waals surface area contributed by atoms with E-state index in [9.17, 15) is 41.1 Å². The van der Waals surface area contributed by atoms with Crippen molar-refractivity contribution in [2.45, 2.75) is 87.8 Å². The molecule has 3 amide bonds. The standard InChI is InChI=1S/C44H47F5N12O5/c1-55-38-26(4-2-6-32(38)61(43(55)65)33-11-12-36(62)53-42(33)64)5-3-14-57-17-16-56(23-34(57)44(47,48)49)20-25-7-9-27(10-8-25)60-22-31(37(54-60)39(45)46)51-41(63)30-19-50-59-15-13-35(52-40(30)59)58-21-29-18-28(58)24-66-29/h2,4,6,13,15,19,22,25,27-29,33-34,39H,7-12,14,16-18,20-21,23-24H2,1H3,(H,51,63)(H,53,62,64)/t25?,27?,28-,29-,33?,34-/m1/s1. The van der Waals surface area contributed by atoms with E-state index in [4.69, 9.17) is 9.72 Å². The van der Waals surface area contributed by atoms with Crippen molar-refractivity contribution in [2.75, 3.05) is 56.1 Å². The number of nitrogens with one attached hydrogen (secondary N) is 2. The van der Waals surface area contributed by atoms with Gasteiger partial charge in [0, 0.05) is 58.6 Å². The first-order valence-corrected chi connectivity index (χ1v) is 22.2. The van der Waals surface area contributed by atoms with Gasteiger partial charge in [0.25, 0.3) is 12.3 Å². The third-order valence-electron chi connectivity index (χ3n) is 13.8. The number of imidazole rings is 1. The second-order valence-electron chi connectivity index (χ2n) is 17.9. The first-order chi connectivity index (χ1) is 31.7. The van der Waals surface area contributed by atoms with E-state index in [1.54, 1.807) is 24.4 Å². The smallest absolute Gasteiger partial charge is 0.374 e. The van der Waals surface area contributed by atoms with Gasteiger partial charge in [-0.1, -0.05) is 17.9 Å². The number of carbonyl (C=O) groups is 3. The molecule has 4 aromatic heterocycles. The molecule has 5 aromatic rings. The number of amides is 3. The van der Waals surface area contributed by atoms with E-state index in [0.717, 1.165) is 6.42 Å². The molecule has 4 aliphatic heterocycles. The summed E-state index contributed by atoms with van der Waals surface area (Å²) in [6.07, 6.45) is 0.719. The summed E-state index contributed by atoms with van der Waals surface area (Å²) in [5.41, 5.74) is 0.557. The maximum absolute atomic E-state index is 14.6. The minimum atomic E-state index is -4.52. The van der Waals surface area contributed by atoms with Gasteiger partial charge in [0.1, 0.15) is 23.5 Å². The second-order valence-corrected chi connectivity index (χ2v) is 17.9. The number of para-hydroxylation sites is 1. The lowest BCUT2D eigenvalue weighted by atomic mass is 9.85. The Labute approximate surface area is 373 Å². The van der Waals surface area contributed by atoms with Crippen LogP contribution in [-0.2, 0) is 21.4 Å². The lowest BCUT2D eigenvalue weighted by molar-refractivity contribution is -0.195. The Morgan fingerprint density at radius 3 is 2.59 bits per heavy atom. The molecule has 22 heteroatoms. The molecule has 1 saturated carbocycles. The highest BCUT2D eigenvalue weighted by molar-refractivity contribution is 6.08. The van der Waals surface area contributed by atoms with E-state index in [2.05, 4.69) is 37.6 Å². The summed E-state index contributed by atoms with van der Waals surface area (Å²) in [5, 5.41) is 13.3. The number of aryl methyl sites for hydroxylation is 1. The average Bonchev–Trinajstić information content (AvgIpc) is 4.14. The number of anilines is 2. The van der Waals surface area contributed by atoms with Gasteiger partial charge >= 0.3 is 11.9 Å². The predicted molar refractivity (Wildman–Crippen MR) is 228 cm³/mol. The summed E-state index contributed by atoms with van der Waals surface area (Å²) in [6, 6.07) is 4.13. The number of carbonyl (C=O) groups excluding carboxylic acids is 3. The number of halogens is 5. The predicted octanol–water partition coefficient (Wildman–Crippen LogP) is 4.06. The largest absolute Gasteiger partial charge is 0.405 e. The fourth-order valence-electron chi connectivity index (χ4n) is 10.4. The van der Waals surface area contributed by atoms with Crippen molar-refractivity contribution in [3.05, 3.63) is 70.2 Å². The van der Waals surface area contributed by atoms with Gasteiger partial charge in [-0.15, -0.1) is 0 Å². The summed E-state index contributed by atoms with van der Waals surface area (Å²) >= 11 is 0. The Morgan fingerprint density at radius 1 is 1.05 bits per heavy atom. The molecule has 10 rings (SSSR count). The van der Waals surface area contributed by atoms with Crippen LogP contribution < -0.4 is 21.2 Å². The number of piperazine rings is 1. The SMILES string of the molecule is Cn1c(=O)n(C2CCC(=O)NC2=O)c2cccc(C#CCN3CCN(CC4CCC(n5cc(NC(=O)c6cnn7ccc(N8C[C@H]9C[C@@H]8CO9)nc67)c(C(F)F)n5)CC4)C[C@@H]3C(F)(F)F)c21. The molecule has 66 heavy (non-hydrogen) atoms. The molecule has 4 atom stereocenters. The topological polar surface area (TPSA) is 169 Å². The number of fused-ring (bicyclic) bond motifs is 4. The molecule has 0 radical (unpaired) electrons. The van der Waals surface area contributed by atoms with Crippen LogP contribution in [0, 0.1) is 17.8 Å². The Kier molecular flexibility index (Phi) is 11.4. The Balaban J connectivity index is 0.759. The molecule has 1 unspecified atom stereocenters. The first-order valence-electron chi connectivity index (χ1n) is 22.2. The van der Waals surface area contributed by atoms with Crippen molar-refractivity contribution in [3.8, 4) is 11.8 Å². The maximum Gasteiger partial charge on any atom is 0.405 e. The van der Waals surface area contributed by atoms with Gasteiger partial charge in [-0.2, -0.15) is 23.4 Å². The van der Waals surface area contributed by atoms with Gasteiger partial charge in [-0.05, 0) is 62.6 Å². The molecule has 4 saturated heterocycles. The highest BCUT2D eigenvalue weighted by Gasteiger charge is 2.46. The number of morpholine rings is 1. The van der Waals surface area contributed by atoms with Gasteiger partial charge in [0.2, 0.25) is 11.8 Å². The van der Waals surface area contributed by atoms with Crippen molar-refractivity contribution in [3.63, 3.8) is 0 Å². The average molecular weight is 919 g/mol. The van der Waals surface area contributed by atoms with Gasteiger partial charge in [-0.3, -0.25) is 43.3 Å². The zero-order chi connectivity index (χ0) is 46.0. The monoisotopic (exact) mass is 918 g/mol. The van der Waals surface area contributed by atoms with E-state index in [0.29, 0.717) is 74.3 Å². The summed E-state index contributed by atoms with van der Waals surface area (Å²) < 4.78 is 83.7. The summed E-state index contributed by atoms with van der Waals surface area (Å²) in [4.78, 5) is 61.2. The molecular weight excluding hydrogens is 872 g/mol. The minimum Gasteiger partial charge on any atom is -0.374 e. The van der Waals surface area contributed by atoms with E-state index >= 15 is 0 Å². The van der Waals surface area contributed by atoms with Gasteiger partial charge in [-0.25, -0.2) is 23.1 Å². The number of aromatic nitrogens is 7. The number of alkyl halides is 5. The van der Waals surface area contributed by atoms with E-state index in [1.165, 1.54) is 42.7 Å². The minimum absolute atomic E-state index is 0.0830. The van der Waals surface area contributed by atoms with Crippen LogP contribution in [0.5, 0.6) is 0 Å². The van der Waals surface area contributed by atoms with Crippen molar-refractivity contribution in [2.24, 2.45) is 13.0 Å². The Bertz CT molecular complexity index is 2830. The van der Waals surface area contributed by atoms with Crippen molar-refractivity contribution < 1.29 is 41.1 Å². The fourth-order valence-corrected chi connectivity index (χ4v) is 10.4. The number of benzene rings is 1. The molecule has 8 heterocycles. The fraction of sp³-hybridized carbons (Fsp3) is 0.523. The molecule has 5 fully saturated rings. The van der Waals surface area contributed by atoms with E-state index in [1.807, 2.05) is 11.0 Å². The van der Waals surface area contributed by atoms with Crippen LogP contribution in [0.4, 0.5) is 33.5 Å². The number of piperidine rings is 1. The van der Waals surface area contributed by atoms with Crippen molar-refractivity contribution in [1.29, 1.82) is 0 Å². The van der Waals surface area contributed by atoms with Gasteiger partial charge in [0.15, 0.2) is 11.3 Å². The number of rotatable bonds is 9. The molecule has 1 aromatic carbocycles. The number of nitrogens with zero attached hydrogens (tertiary/aromatic N) is 10. The van der Waals surface area contributed by atoms with Gasteiger partial charge in [0.05, 0.1) is 59.8 Å². The number of hydrogen-bond donors (Lipinski definition) is 2. The lowest BCUT2D eigenvalue weighted by Gasteiger charge is -2.43. The normalized spacial score (nSPS) is 25.2. The lowest BCUT2D eigenvalue weighted by Crippen LogP contribution is -2.59. The highest BCUT2D eigenvalue weighted by atomic mass is 19.4. The molecule has 5 aliphatic rings. The quantitative estimate of drug-likeness (QED) is 0.124. The summed E-state index contributed by atoms with van der Waals surface area (Å²) in [6.45, 7) is 1.86. The van der Waals surface area contributed by atoms with Crippen molar-refractivity contribution in [1.82, 2.24) is 48.6 Å².